The summed E-state index contributed by atoms with van der Waals surface area (Å²) in [5, 5.41) is 10.9. The van der Waals surface area contributed by atoms with E-state index in [2.05, 4.69) is 25.8 Å². The summed E-state index contributed by atoms with van der Waals surface area (Å²) < 4.78 is 24.4. The van der Waals surface area contributed by atoms with Crippen molar-refractivity contribution in [3.63, 3.8) is 0 Å². The normalized spacial score (nSPS) is 22.3. The van der Waals surface area contributed by atoms with Crippen molar-refractivity contribution in [3.8, 4) is 0 Å². The monoisotopic (exact) mass is 608 g/mol. The van der Waals surface area contributed by atoms with Crippen LogP contribution in [0, 0.1) is 0 Å². The van der Waals surface area contributed by atoms with Crippen molar-refractivity contribution in [2.45, 2.75) is 63.2 Å². The first-order chi connectivity index (χ1) is 21.2. The van der Waals surface area contributed by atoms with Gasteiger partial charge in [-0.25, -0.2) is 4.98 Å². The first kappa shape index (κ1) is 28.9. The Morgan fingerprint density at radius 1 is 1.09 bits per heavy atom. The topological polar surface area (TPSA) is 168 Å². The Labute approximate surface area is 251 Å². The van der Waals surface area contributed by atoms with Crippen LogP contribution in [0.25, 0.3) is 11.2 Å². The Morgan fingerprint density at radius 2 is 1.93 bits per heavy atom. The Balaban J connectivity index is 1.35. The third-order valence-corrected chi connectivity index (χ3v) is 8.53. The minimum Gasteiger partial charge on any atom is -0.457 e. The fourth-order valence-corrected chi connectivity index (χ4v) is 6.42. The molecule has 2 fully saturated rings. The molecular formula is C28H32N8O6S. The summed E-state index contributed by atoms with van der Waals surface area (Å²) in [5.74, 6) is 3.46. The molecule has 14 nitrogen and oxygen atoms in total. The molecule has 2 aliphatic heterocycles. The number of aromatic nitrogens is 6. The number of hydrogen-bond acceptors (Lipinski definition) is 14. The average molecular weight is 609 g/mol. The Kier molecular flexibility index (Phi) is 8.98. The maximum Gasteiger partial charge on any atom is 0.293 e. The minimum atomic E-state index is -1.03. The molecule has 0 saturated carbocycles. The van der Waals surface area contributed by atoms with Gasteiger partial charge in [0.15, 0.2) is 47.3 Å². The molecule has 6 heterocycles. The standard InChI is InChI=1S/C28H32N8O6S/c1-2-17-13-20(42-35-17)22-23(39-15-37)24(40-16-38)27(41-22)36-14-31-21-25(32-19-7-11-43-12-8-19)33-28(34-26(21)36)30-10-6-18-5-3-4-9-29-18/h3-5,9,13-16,19,22-24,27H,2,6-8,10-12H2,1H3,(H2,30,32,33,34)/t22-,23+,24-,27-/m0/s1. The van der Waals surface area contributed by atoms with Crippen molar-refractivity contribution in [2.24, 2.45) is 0 Å². The van der Waals surface area contributed by atoms with Gasteiger partial charge in [-0.15, -0.1) is 0 Å². The first-order valence-corrected chi connectivity index (χ1v) is 15.4. The van der Waals surface area contributed by atoms with E-state index in [1.54, 1.807) is 23.2 Å². The number of anilines is 2. The second-order valence-electron chi connectivity index (χ2n) is 10.2. The highest BCUT2D eigenvalue weighted by Crippen LogP contribution is 2.43. The molecule has 0 aliphatic carbocycles. The van der Waals surface area contributed by atoms with E-state index in [0.717, 1.165) is 30.0 Å². The van der Waals surface area contributed by atoms with Crippen molar-refractivity contribution in [1.29, 1.82) is 0 Å². The molecule has 0 amide bonds. The van der Waals surface area contributed by atoms with E-state index in [4.69, 9.17) is 28.7 Å². The van der Waals surface area contributed by atoms with Gasteiger partial charge in [0, 0.05) is 37.0 Å². The van der Waals surface area contributed by atoms with Crippen LogP contribution in [0.3, 0.4) is 0 Å². The van der Waals surface area contributed by atoms with Crippen molar-refractivity contribution in [3.05, 3.63) is 53.9 Å². The molecule has 0 radical (unpaired) electrons. The number of fused-ring (bicyclic) bond motifs is 1. The highest BCUT2D eigenvalue weighted by atomic mass is 32.2. The van der Waals surface area contributed by atoms with Crippen molar-refractivity contribution >= 4 is 47.6 Å². The molecule has 0 unspecified atom stereocenters. The van der Waals surface area contributed by atoms with Crippen LogP contribution in [0.4, 0.5) is 11.8 Å². The zero-order chi connectivity index (χ0) is 29.6. The maximum absolute atomic E-state index is 11.6. The van der Waals surface area contributed by atoms with Gasteiger partial charge in [0.1, 0.15) is 0 Å². The van der Waals surface area contributed by atoms with Gasteiger partial charge in [-0.05, 0) is 42.9 Å². The van der Waals surface area contributed by atoms with Crippen molar-refractivity contribution < 1.29 is 28.3 Å². The molecule has 226 valence electrons. The van der Waals surface area contributed by atoms with Gasteiger partial charge in [-0.1, -0.05) is 18.1 Å². The lowest BCUT2D eigenvalue weighted by Gasteiger charge is -2.23. The largest absolute Gasteiger partial charge is 0.457 e. The van der Waals surface area contributed by atoms with Crippen LogP contribution in [0.2, 0.25) is 0 Å². The van der Waals surface area contributed by atoms with Gasteiger partial charge in [0.2, 0.25) is 5.95 Å². The number of nitrogens with one attached hydrogen (secondary N) is 2. The molecule has 0 aromatic carbocycles. The van der Waals surface area contributed by atoms with E-state index in [9.17, 15) is 9.59 Å². The summed E-state index contributed by atoms with van der Waals surface area (Å²) in [6.45, 7) is 3.09. The average Bonchev–Trinajstić information content (AvgIpc) is 3.77. The number of thioether (sulfide) groups is 1. The number of pyridine rings is 1. The van der Waals surface area contributed by atoms with E-state index >= 15 is 0 Å². The summed E-state index contributed by atoms with van der Waals surface area (Å²) in [6, 6.07) is 7.77. The van der Waals surface area contributed by atoms with Gasteiger partial charge >= 0.3 is 0 Å². The zero-order valence-electron chi connectivity index (χ0n) is 23.5. The Bertz CT molecular complexity index is 1530. The number of rotatable bonds is 13. The van der Waals surface area contributed by atoms with Crippen LogP contribution >= 0.6 is 11.8 Å². The number of nitrogens with zero attached hydrogens (tertiary/aromatic N) is 6. The second kappa shape index (κ2) is 13.4. The van der Waals surface area contributed by atoms with Gasteiger partial charge in [-0.2, -0.15) is 21.7 Å². The molecule has 2 N–H and O–H groups in total. The molecule has 2 aliphatic rings. The molecule has 43 heavy (non-hydrogen) atoms. The molecule has 4 atom stereocenters. The lowest BCUT2D eigenvalue weighted by Crippen LogP contribution is -2.34. The summed E-state index contributed by atoms with van der Waals surface area (Å²) in [6.07, 6.45) is 2.78. The van der Waals surface area contributed by atoms with Crippen LogP contribution in [-0.2, 0) is 36.6 Å². The molecule has 0 bridgehead atoms. The number of carbonyl (C=O) groups excluding carboxylic acids is 2. The predicted molar refractivity (Wildman–Crippen MR) is 156 cm³/mol. The highest BCUT2D eigenvalue weighted by molar-refractivity contribution is 7.99. The van der Waals surface area contributed by atoms with Crippen LogP contribution in [0.5, 0.6) is 0 Å². The molecule has 4 aromatic rings. The summed E-state index contributed by atoms with van der Waals surface area (Å²) in [7, 11) is 0. The smallest absolute Gasteiger partial charge is 0.293 e. The first-order valence-electron chi connectivity index (χ1n) is 14.2. The van der Waals surface area contributed by atoms with Crippen LogP contribution < -0.4 is 10.6 Å². The molecular weight excluding hydrogens is 576 g/mol. The van der Waals surface area contributed by atoms with Crippen molar-refractivity contribution in [2.75, 3.05) is 28.7 Å². The summed E-state index contributed by atoms with van der Waals surface area (Å²) in [5.41, 5.74) is 2.63. The van der Waals surface area contributed by atoms with Crippen molar-refractivity contribution in [1.82, 2.24) is 29.7 Å². The summed E-state index contributed by atoms with van der Waals surface area (Å²) >= 11 is 1.94. The number of imidazole rings is 1. The van der Waals surface area contributed by atoms with E-state index in [1.807, 2.05) is 36.9 Å². The van der Waals surface area contributed by atoms with Crippen LogP contribution in [-0.4, -0.2) is 78.9 Å². The van der Waals surface area contributed by atoms with E-state index in [-0.39, 0.29) is 6.04 Å². The van der Waals surface area contributed by atoms with Crippen LogP contribution in [0.1, 0.15) is 49.2 Å². The molecule has 6 rings (SSSR count). The number of aryl methyl sites for hydroxylation is 1. The summed E-state index contributed by atoms with van der Waals surface area (Å²) in [4.78, 5) is 41.7. The molecule has 2 saturated heterocycles. The fourth-order valence-electron chi connectivity index (χ4n) is 5.31. The van der Waals surface area contributed by atoms with Gasteiger partial charge in [0.25, 0.3) is 12.9 Å². The number of hydrogen-bond donors (Lipinski definition) is 2. The van der Waals surface area contributed by atoms with E-state index in [0.29, 0.717) is 66.7 Å². The quantitative estimate of drug-likeness (QED) is 0.212. The fraction of sp³-hybridized carbons (Fsp3) is 0.464. The predicted octanol–water partition coefficient (Wildman–Crippen LogP) is 3.09. The van der Waals surface area contributed by atoms with Gasteiger partial charge in [0.05, 0.1) is 12.0 Å². The minimum absolute atomic E-state index is 0.244. The third kappa shape index (κ3) is 6.27. The molecule has 4 aromatic heterocycles. The molecule has 15 heteroatoms. The Morgan fingerprint density at radius 3 is 2.67 bits per heavy atom. The maximum atomic E-state index is 11.6. The van der Waals surface area contributed by atoms with Gasteiger partial charge in [-0.3, -0.25) is 19.1 Å². The second-order valence-corrected chi connectivity index (χ2v) is 11.4. The van der Waals surface area contributed by atoms with Crippen LogP contribution in [0.15, 0.2) is 41.3 Å². The third-order valence-electron chi connectivity index (χ3n) is 7.48. The van der Waals surface area contributed by atoms with E-state index < -0.39 is 24.5 Å². The molecule has 0 spiro atoms. The SMILES string of the molecule is CCc1cc([C@@H]2O[C@H](n3cnc4c(NC5CCSCC5)nc(NCCc5ccccn5)nc43)[C@@H](OC=O)[C@@H]2OC=O)on1. The number of carbonyl (C=O) groups is 2. The number of ether oxygens (including phenoxy) is 3. The zero-order valence-corrected chi connectivity index (χ0v) is 24.3. The lowest BCUT2D eigenvalue weighted by molar-refractivity contribution is -0.151. The lowest BCUT2D eigenvalue weighted by atomic mass is 10.1. The highest BCUT2D eigenvalue weighted by Gasteiger charge is 2.51. The Hall–Kier alpha value is -4.24. The van der Waals surface area contributed by atoms with Gasteiger partial charge < -0.3 is 29.4 Å². The van der Waals surface area contributed by atoms with E-state index in [1.165, 1.54) is 0 Å².